The molecule has 11 heteroatoms. The van der Waals surface area contributed by atoms with Crippen LogP contribution >= 0.6 is 0 Å². The molecule has 0 aliphatic carbocycles. The number of benzene rings is 5. The first-order valence-corrected chi connectivity index (χ1v) is 22.2. The Morgan fingerprint density at radius 3 is 1.75 bits per heavy atom. The van der Waals surface area contributed by atoms with Crippen molar-refractivity contribution in [1.29, 1.82) is 0 Å². The number of carbonyl (C=O) groups is 2. The van der Waals surface area contributed by atoms with Gasteiger partial charge in [0.1, 0.15) is 26.4 Å². The zero-order valence-electron chi connectivity index (χ0n) is 31.8. The minimum Gasteiger partial charge on any atom is -0.485 e. The predicted molar refractivity (Wildman–Crippen MR) is 218 cm³/mol. The maximum atomic E-state index is 14.1. The van der Waals surface area contributed by atoms with Crippen LogP contribution in [-0.4, -0.2) is 31.3 Å². The Hall–Kier alpha value is -6.17. The number of hydroxylamine groups is 1. The smallest absolute Gasteiger partial charge is 0.431 e. The lowest BCUT2D eigenvalue weighted by molar-refractivity contribution is -0.148. The summed E-state index contributed by atoms with van der Waals surface area (Å²) in [5.74, 6) is 0.190. The standard InChI is InChI=1S/C45H46N2O8Si/c1-56(2,3)25-24-51-45(50)46-54-32-37-28-47(29-42(48)55-44(35-20-12-6-13-21-35)36-22-14-7-15-23-36)39-27-41(53-31-34-18-10-5-11-19-34)40(26-38(39)43(37)49)52-30-33-16-8-4-9-17-33/h4-23,26-28,44H,24-25,29-32H2,1-3H3,(H,46,50). The van der Waals surface area contributed by atoms with E-state index < -0.39 is 26.2 Å². The van der Waals surface area contributed by atoms with E-state index >= 15 is 0 Å². The molecule has 0 saturated heterocycles. The fourth-order valence-electron chi connectivity index (χ4n) is 5.93. The third-order valence-electron chi connectivity index (χ3n) is 8.92. The van der Waals surface area contributed by atoms with Crippen LogP contribution in [0.2, 0.25) is 25.7 Å². The number of nitrogens with zero attached hydrogens (tertiary/aromatic N) is 1. The number of esters is 1. The molecular weight excluding hydrogens is 725 g/mol. The molecule has 288 valence electrons. The van der Waals surface area contributed by atoms with Crippen molar-refractivity contribution < 1.29 is 33.4 Å². The maximum Gasteiger partial charge on any atom is 0.431 e. The molecule has 0 unspecified atom stereocenters. The Labute approximate surface area is 327 Å². The highest BCUT2D eigenvalue weighted by atomic mass is 28.3. The van der Waals surface area contributed by atoms with Crippen molar-refractivity contribution in [3.05, 3.63) is 178 Å². The van der Waals surface area contributed by atoms with Crippen LogP contribution in [0.4, 0.5) is 4.79 Å². The van der Waals surface area contributed by atoms with Gasteiger partial charge in [-0.1, -0.05) is 141 Å². The Kier molecular flexibility index (Phi) is 13.4. The van der Waals surface area contributed by atoms with E-state index in [4.69, 9.17) is 23.8 Å². The van der Waals surface area contributed by atoms with Gasteiger partial charge in [-0.25, -0.2) is 4.79 Å². The first kappa shape index (κ1) is 39.5. The van der Waals surface area contributed by atoms with Crippen molar-refractivity contribution in [1.82, 2.24) is 10.0 Å². The zero-order chi connectivity index (χ0) is 39.3. The van der Waals surface area contributed by atoms with Crippen LogP contribution in [0.3, 0.4) is 0 Å². The Morgan fingerprint density at radius 1 is 0.696 bits per heavy atom. The van der Waals surface area contributed by atoms with Crippen molar-refractivity contribution in [3.63, 3.8) is 0 Å². The number of aromatic nitrogens is 1. The first-order valence-electron chi connectivity index (χ1n) is 18.5. The maximum absolute atomic E-state index is 14.1. The van der Waals surface area contributed by atoms with Crippen LogP contribution in [0, 0.1) is 0 Å². The molecule has 0 radical (unpaired) electrons. The quantitative estimate of drug-likeness (QED) is 0.0556. The average Bonchev–Trinajstić information content (AvgIpc) is 3.21. The van der Waals surface area contributed by atoms with Crippen LogP contribution in [0.25, 0.3) is 10.9 Å². The third kappa shape index (κ3) is 11.2. The monoisotopic (exact) mass is 770 g/mol. The molecule has 10 nitrogen and oxygen atoms in total. The minimum absolute atomic E-state index is 0.183. The lowest BCUT2D eigenvalue weighted by atomic mass is 10.0. The fourth-order valence-corrected chi connectivity index (χ4v) is 6.65. The van der Waals surface area contributed by atoms with Crippen LogP contribution in [-0.2, 0) is 45.5 Å². The van der Waals surface area contributed by atoms with Gasteiger partial charge in [-0.05, 0) is 34.4 Å². The highest BCUT2D eigenvalue weighted by Crippen LogP contribution is 2.34. The summed E-state index contributed by atoms with van der Waals surface area (Å²) in [4.78, 5) is 45.9. The summed E-state index contributed by atoms with van der Waals surface area (Å²) in [6, 6.07) is 42.5. The van der Waals surface area contributed by atoms with E-state index in [1.165, 1.54) is 6.20 Å². The predicted octanol–water partition coefficient (Wildman–Crippen LogP) is 8.99. The van der Waals surface area contributed by atoms with E-state index in [0.29, 0.717) is 17.0 Å². The molecule has 0 aliphatic heterocycles. The van der Waals surface area contributed by atoms with Gasteiger partial charge in [-0.2, -0.15) is 5.48 Å². The lowest BCUT2D eigenvalue weighted by Crippen LogP contribution is -2.29. The molecule has 0 saturated carbocycles. The van der Waals surface area contributed by atoms with E-state index in [1.807, 2.05) is 121 Å². The Bertz CT molecular complexity index is 2220. The second kappa shape index (κ2) is 18.9. The van der Waals surface area contributed by atoms with Gasteiger partial charge in [0.05, 0.1) is 12.1 Å². The second-order valence-corrected chi connectivity index (χ2v) is 20.1. The second-order valence-electron chi connectivity index (χ2n) is 14.5. The Morgan fingerprint density at radius 2 is 1.21 bits per heavy atom. The van der Waals surface area contributed by atoms with E-state index in [0.717, 1.165) is 28.3 Å². The SMILES string of the molecule is C[Si](C)(C)CCOC(=O)NOCc1cn(CC(=O)OC(c2ccccc2)c2ccccc2)c2cc(OCc3ccccc3)c(OCc3ccccc3)cc2c1=O. The van der Waals surface area contributed by atoms with Crippen molar-refractivity contribution in [2.45, 2.75) is 58.2 Å². The molecule has 0 aliphatic rings. The largest absolute Gasteiger partial charge is 0.485 e. The molecule has 6 aromatic rings. The van der Waals surface area contributed by atoms with E-state index in [9.17, 15) is 14.4 Å². The molecule has 1 heterocycles. The number of hydrogen-bond donors (Lipinski definition) is 1. The molecule has 0 fully saturated rings. The number of rotatable bonds is 17. The molecule has 0 spiro atoms. The van der Waals surface area contributed by atoms with Crippen molar-refractivity contribution in [2.24, 2.45) is 0 Å². The molecular formula is C45H46N2O8Si. The summed E-state index contributed by atoms with van der Waals surface area (Å²) < 4.78 is 25.7. The molecule has 1 aromatic heterocycles. The molecule has 6 rings (SSSR count). The number of carbonyl (C=O) groups excluding carboxylic acids is 2. The van der Waals surface area contributed by atoms with Crippen molar-refractivity contribution in [3.8, 4) is 11.5 Å². The number of fused-ring (bicyclic) bond motifs is 1. The van der Waals surface area contributed by atoms with Gasteiger partial charge in [0, 0.05) is 31.3 Å². The van der Waals surface area contributed by atoms with E-state index in [2.05, 4.69) is 25.1 Å². The first-order chi connectivity index (χ1) is 27.1. The summed E-state index contributed by atoms with van der Waals surface area (Å²) in [7, 11) is -1.41. The molecule has 0 bridgehead atoms. The molecule has 1 N–H and O–H groups in total. The molecule has 56 heavy (non-hydrogen) atoms. The van der Waals surface area contributed by atoms with Crippen molar-refractivity contribution >= 4 is 31.0 Å². The van der Waals surface area contributed by atoms with E-state index in [1.54, 1.807) is 16.7 Å². The van der Waals surface area contributed by atoms with Crippen LogP contribution in [0.15, 0.2) is 144 Å². The highest BCUT2D eigenvalue weighted by Gasteiger charge is 2.22. The van der Waals surface area contributed by atoms with Gasteiger partial charge in [0.25, 0.3) is 0 Å². The van der Waals surface area contributed by atoms with Gasteiger partial charge in [-0.15, -0.1) is 0 Å². The highest BCUT2D eigenvalue weighted by molar-refractivity contribution is 6.76. The number of nitrogens with one attached hydrogen (secondary N) is 1. The van der Waals surface area contributed by atoms with E-state index in [-0.39, 0.29) is 49.4 Å². The third-order valence-corrected chi connectivity index (χ3v) is 10.6. The number of ether oxygens (including phenoxy) is 4. The summed E-state index contributed by atoms with van der Waals surface area (Å²) in [6.07, 6.45) is 0.116. The fraction of sp³-hybridized carbons (Fsp3) is 0.222. The topological polar surface area (TPSA) is 114 Å². The zero-order valence-corrected chi connectivity index (χ0v) is 32.8. The van der Waals surface area contributed by atoms with Gasteiger partial charge >= 0.3 is 12.1 Å². The number of hydrogen-bond acceptors (Lipinski definition) is 8. The Balaban J connectivity index is 1.34. The van der Waals surface area contributed by atoms with Gasteiger partial charge in [0.15, 0.2) is 23.0 Å². The van der Waals surface area contributed by atoms with Gasteiger partial charge < -0.3 is 23.5 Å². The number of amides is 1. The van der Waals surface area contributed by atoms with Gasteiger partial charge in [0.2, 0.25) is 0 Å². The van der Waals surface area contributed by atoms with Gasteiger partial charge in [-0.3, -0.25) is 14.4 Å². The summed E-state index contributed by atoms with van der Waals surface area (Å²) in [5.41, 5.74) is 5.99. The minimum atomic E-state index is -1.41. The van der Waals surface area contributed by atoms with Crippen molar-refractivity contribution in [2.75, 3.05) is 6.61 Å². The van der Waals surface area contributed by atoms with Crippen LogP contribution in [0.5, 0.6) is 11.5 Å². The lowest BCUT2D eigenvalue weighted by Gasteiger charge is -2.21. The molecule has 5 aromatic carbocycles. The van der Waals surface area contributed by atoms with Crippen LogP contribution < -0.4 is 20.4 Å². The molecule has 1 amide bonds. The molecule has 0 atom stereocenters. The number of pyridine rings is 1. The summed E-state index contributed by atoms with van der Waals surface area (Å²) in [6.45, 7) is 6.73. The average molecular weight is 771 g/mol. The normalized spacial score (nSPS) is 11.3. The summed E-state index contributed by atoms with van der Waals surface area (Å²) >= 11 is 0. The summed E-state index contributed by atoms with van der Waals surface area (Å²) in [5, 5.41) is 0.259. The van der Waals surface area contributed by atoms with Crippen LogP contribution in [0.1, 0.15) is 33.9 Å².